The van der Waals surface area contributed by atoms with Gasteiger partial charge in [-0.25, -0.2) is 0 Å². The minimum atomic E-state index is -0.369. The summed E-state index contributed by atoms with van der Waals surface area (Å²) in [6, 6.07) is 0. The molecule has 0 bridgehead atoms. The molecule has 0 fully saturated rings. The van der Waals surface area contributed by atoms with E-state index in [0.29, 0.717) is 0 Å². The van der Waals surface area contributed by atoms with Gasteiger partial charge in [0.15, 0.2) is 0 Å². The molecule has 1 heteroatoms. The maximum Gasteiger partial charge on any atom is 0.0747 e. The van der Waals surface area contributed by atoms with E-state index in [1.54, 1.807) is 5.57 Å². The highest BCUT2D eigenvalue weighted by Gasteiger charge is 2.04. The van der Waals surface area contributed by atoms with Crippen LogP contribution in [0.4, 0.5) is 0 Å². The highest BCUT2D eigenvalue weighted by Crippen LogP contribution is 2.17. The third-order valence-corrected chi connectivity index (χ3v) is 7.36. The molecular weight excluding hydrogens is 436 g/mol. The first kappa shape index (κ1) is 34.4. The molecule has 1 N–H and O–H groups in total. The van der Waals surface area contributed by atoms with E-state index in [1.165, 1.54) is 60.8 Å². The van der Waals surface area contributed by atoms with E-state index in [2.05, 4.69) is 85.4 Å². The first-order valence-electron chi connectivity index (χ1n) is 14.7. The Balaban J connectivity index is 4.14. The Morgan fingerprint density at radius 3 is 1.25 bits per heavy atom. The lowest BCUT2D eigenvalue weighted by Gasteiger charge is -2.10. The number of rotatable bonds is 20. The molecule has 0 heterocycles. The smallest absolute Gasteiger partial charge is 0.0747 e. The lowest BCUT2D eigenvalue weighted by atomic mass is 10.0. The zero-order valence-electron chi connectivity index (χ0n) is 25.4. The summed E-state index contributed by atoms with van der Waals surface area (Å²) in [5.74, 6) is 0.851. The monoisotopic (exact) mass is 496 g/mol. The highest BCUT2D eigenvalue weighted by atomic mass is 16.3. The Kier molecular flexibility index (Phi) is 20.5. The van der Waals surface area contributed by atoms with E-state index in [-0.39, 0.29) is 6.10 Å². The molecule has 0 saturated carbocycles. The molecule has 0 aliphatic carbocycles. The topological polar surface area (TPSA) is 20.2 Å². The molecule has 2 unspecified atom stereocenters. The van der Waals surface area contributed by atoms with Crippen LogP contribution < -0.4 is 0 Å². The van der Waals surface area contributed by atoms with Crippen LogP contribution in [-0.2, 0) is 0 Å². The predicted molar refractivity (Wildman–Crippen MR) is 164 cm³/mol. The second kappa shape index (κ2) is 21.5. The summed E-state index contributed by atoms with van der Waals surface area (Å²) in [5, 5.41) is 9.86. The lowest BCUT2D eigenvalue weighted by molar-refractivity contribution is 0.201. The van der Waals surface area contributed by atoms with Gasteiger partial charge in [-0.1, -0.05) is 90.7 Å². The van der Waals surface area contributed by atoms with Crippen LogP contribution in [0.1, 0.15) is 139 Å². The van der Waals surface area contributed by atoms with Crippen LogP contribution in [0.3, 0.4) is 0 Å². The Morgan fingerprint density at radius 1 is 0.583 bits per heavy atom. The second-order valence-corrected chi connectivity index (χ2v) is 11.4. The van der Waals surface area contributed by atoms with Gasteiger partial charge >= 0.3 is 0 Å². The zero-order chi connectivity index (χ0) is 27.3. The number of hydrogen-bond acceptors (Lipinski definition) is 1. The van der Waals surface area contributed by atoms with Crippen LogP contribution in [0.15, 0.2) is 70.4 Å². The number of hydrogen-bond donors (Lipinski definition) is 1. The van der Waals surface area contributed by atoms with Crippen molar-refractivity contribution in [2.45, 2.75) is 145 Å². The molecular formula is C35H60O. The van der Waals surface area contributed by atoms with Crippen molar-refractivity contribution < 1.29 is 5.11 Å². The quantitative estimate of drug-likeness (QED) is 0.166. The number of aliphatic hydroxyl groups excluding tert-OH is 1. The molecule has 0 radical (unpaired) electrons. The fraction of sp³-hybridized carbons (Fsp3) is 0.657. The van der Waals surface area contributed by atoms with Crippen molar-refractivity contribution in [2.75, 3.05) is 0 Å². The zero-order valence-corrected chi connectivity index (χ0v) is 25.4. The standard InChI is InChI=1S/C35H60O/c1-10-29(4)16-11-17-30(5)18-12-19-31(6)20-13-21-32(7)22-14-23-33(8)24-15-25-34(9)26-27-35(36)28(2)3/h17,19,21,23,25,29,35-36H,2,10-16,18,20,22,24,26-27H2,1,3-9H3. The first-order valence-corrected chi connectivity index (χ1v) is 14.7. The summed E-state index contributed by atoms with van der Waals surface area (Å²) < 4.78 is 0. The Morgan fingerprint density at radius 2 is 0.917 bits per heavy atom. The lowest BCUT2D eigenvalue weighted by Crippen LogP contribution is -2.06. The van der Waals surface area contributed by atoms with Crippen molar-refractivity contribution in [2.24, 2.45) is 5.92 Å². The number of allylic oxidation sites excluding steroid dienone is 10. The van der Waals surface area contributed by atoms with Crippen molar-refractivity contribution in [3.63, 3.8) is 0 Å². The summed E-state index contributed by atoms with van der Waals surface area (Å²) in [5.41, 5.74) is 8.30. The van der Waals surface area contributed by atoms with E-state index >= 15 is 0 Å². The van der Waals surface area contributed by atoms with E-state index in [4.69, 9.17) is 0 Å². The predicted octanol–water partition coefficient (Wildman–Crippen LogP) is 11.4. The summed E-state index contributed by atoms with van der Waals surface area (Å²) in [7, 11) is 0. The SMILES string of the molecule is C=C(C)C(O)CCC(C)=CCCC(C)=CCCC(C)=CCCC(C)=CCCC(C)=CCCC(C)CC. The molecule has 0 aliphatic heterocycles. The van der Waals surface area contributed by atoms with Crippen LogP contribution in [-0.4, -0.2) is 11.2 Å². The molecule has 0 spiro atoms. The minimum absolute atomic E-state index is 0.369. The third kappa shape index (κ3) is 20.6. The van der Waals surface area contributed by atoms with Gasteiger partial charge in [-0.05, 0) is 125 Å². The molecule has 0 aromatic rings. The molecule has 0 aliphatic rings. The highest BCUT2D eigenvalue weighted by molar-refractivity contribution is 5.09. The van der Waals surface area contributed by atoms with Crippen LogP contribution in [0.2, 0.25) is 0 Å². The Hall–Kier alpha value is -1.60. The van der Waals surface area contributed by atoms with Gasteiger partial charge in [-0.3, -0.25) is 0 Å². The normalized spacial score (nSPS) is 15.9. The van der Waals surface area contributed by atoms with Gasteiger partial charge in [0.25, 0.3) is 0 Å². The first-order chi connectivity index (χ1) is 17.0. The molecule has 206 valence electrons. The van der Waals surface area contributed by atoms with Gasteiger partial charge in [0.1, 0.15) is 0 Å². The molecule has 0 aromatic carbocycles. The third-order valence-electron chi connectivity index (χ3n) is 7.36. The maximum absolute atomic E-state index is 9.86. The summed E-state index contributed by atoms with van der Waals surface area (Å²) in [4.78, 5) is 0. The summed E-state index contributed by atoms with van der Waals surface area (Å²) >= 11 is 0. The van der Waals surface area contributed by atoms with Crippen molar-refractivity contribution in [3.8, 4) is 0 Å². The summed E-state index contributed by atoms with van der Waals surface area (Å²) in [6.45, 7) is 21.6. The molecule has 0 saturated heterocycles. The van der Waals surface area contributed by atoms with Crippen LogP contribution in [0.5, 0.6) is 0 Å². The molecule has 2 atom stereocenters. The van der Waals surface area contributed by atoms with E-state index in [1.807, 2.05) is 6.92 Å². The Labute approximate surface area is 226 Å². The van der Waals surface area contributed by atoms with Crippen molar-refractivity contribution in [3.05, 3.63) is 70.4 Å². The van der Waals surface area contributed by atoms with Gasteiger partial charge in [0.2, 0.25) is 0 Å². The van der Waals surface area contributed by atoms with Crippen LogP contribution >= 0.6 is 0 Å². The fourth-order valence-electron chi connectivity index (χ4n) is 4.12. The Bertz CT molecular complexity index is 756. The van der Waals surface area contributed by atoms with Crippen LogP contribution in [0, 0.1) is 5.92 Å². The average molecular weight is 497 g/mol. The summed E-state index contributed by atoms with van der Waals surface area (Å²) in [6.07, 6.45) is 26.5. The molecule has 0 aromatic heterocycles. The molecule has 0 amide bonds. The van der Waals surface area contributed by atoms with E-state index in [0.717, 1.165) is 56.4 Å². The largest absolute Gasteiger partial charge is 0.389 e. The average Bonchev–Trinajstić information content (AvgIpc) is 2.82. The molecule has 36 heavy (non-hydrogen) atoms. The van der Waals surface area contributed by atoms with E-state index in [9.17, 15) is 5.11 Å². The molecule has 0 rings (SSSR count). The van der Waals surface area contributed by atoms with Crippen molar-refractivity contribution >= 4 is 0 Å². The van der Waals surface area contributed by atoms with Gasteiger partial charge in [-0.2, -0.15) is 0 Å². The van der Waals surface area contributed by atoms with Gasteiger partial charge in [-0.15, -0.1) is 0 Å². The van der Waals surface area contributed by atoms with E-state index < -0.39 is 0 Å². The van der Waals surface area contributed by atoms with Crippen molar-refractivity contribution in [1.29, 1.82) is 0 Å². The van der Waals surface area contributed by atoms with Crippen molar-refractivity contribution in [1.82, 2.24) is 0 Å². The van der Waals surface area contributed by atoms with Gasteiger partial charge < -0.3 is 5.11 Å². The van der Waals surface area contributed by atoms with Gasteiger partial charge in [0.05, 0.1) is 6.10 Å². The fourth-order valence-corrected chi connectivity index (χ4v) is 4.12. The minimum Gasteiger partial charge on any atom is -0.389 e. The molecule has 1 nitrogen and oxygen atoms in total. The maximum atomic E-state index is 9.86. The van der Waals surface area contributed by atoms with Crippen LogP contribution in [0.25, 0.3) is 0 Å². The number of aliphatic hydroxyl groups is 1. The van der Waals surface area contributed by atoms with Gasteiger partial charge in [0, 0.05) is 0 Å². The second-order valence-electron chi connectivity index (χ2n) is 11.4.